The van der Waals surface area contributed by atoms with Crippen molar-refractivity contribution >= 4 is 0 Å². The molecule has 88 valence electrons. The summed E-state index contributed by atoms with van der Waals surface area (Å²) < 4.78 is 11.3. The van der Waals surface area contributed by atoms with E-state index in [1.54, 1.807) is 0 Å². The van der Waals surface area contributed by atoms with E-state index in [1.165, 1.54) is 19.3 Å². The maximum absolute atomic E-state index is 5.76. The summed E-state index contributed by atoms with van der Waals surface area (Å²) in [5.41, 5.74) is 0. The van der Waals surface area contributed by atoms with E-state index in [0.29, 0.717) is 24.2 Å². The highest BCUT2D eigenvalue weighted by Crippen LogP contribution is 2.20. The molecule has 2 aliphatic heterocycles. The van der Waals surface area contributed by atoms with Crippen molar-refractivity contribution in [3.8, 4) is 0 Å². The van der Waals surface area contributed by atoms with Gasteiger partial charge in [0, 0.05) is 19.7 Å². The number of rotatable bonds is 4. The van der Waals surface area contributed by atoms with Crippen LogP contribution in [0.15, 0.2) is 0 Å². The summed E-state index contributed by atoms with van der Waals surface area (Å²) in [6.07, 6.45) is 4.97. The van der Waals surface area contributed by atoms with Gasteiger partial charge in [-0.25, -0.2) is 0 Å². The summed E-state index contributed by atoms with van der Waals surface area (Å²) >= 11 is 0. The van der Waals surface area contributed by atoms with Crippen molar-refractivity contribution in [2.45, 2.75) is 51.4 Å². The highest BCUT2D eigenvalue weighted by Gasteiger charge is 2.25. The lowest BCUT2D eigenvalue weighted by molar-refractivity contribution is 0.0542. The molecule has 0 aliphatic carbocycles. The van der Waals surface area contributed by atoms with Crippen LogP contribution in [0.2, 0.25) is 0 Å². The first-order valence-corrected chi connectivity index (χ1v) is 6.23. The molecule has 0 aromatic rings. The Labute approximate surface area is 92.5 Å². The fraction of sp³-hybridized carbons (Fsp3) is 1.00. The first-order valence-electron chi connectivity index (χ1n) is 6.23. The lowest BCUT2D eigenvalue weighted by Gasteiger charge is -2.17. The molecule has 2 fully saturated rings. The van der Waals surface area contributed by atoms with Crippen molar-refractivity contribution < 1.29 is 9.47 Å². The van der Waals surface area contributed by atoms with Crippen LogP contribution in [-0.4, -0.2) is 38.0 Å². The first kappa shape index (κ1) is 11.4. The van der Waals surface area contributed by atoms with Crippen LogP contribution in [0.5, 0.6) is 0 Å². The molecule has 0 bridgehead atoms. The van der Waals surface area contributed by atoms with Gasteiger partial charge < -0.3 is 14.8 Å². The molecule has 3 nitrogen and oxygen atoms in total. The fourth-order valence-corrected chi connectivity index (χ4v) is 2.51. The molecule has 15 heavy (non-hydrogen) atoms. The van der Waals surface area contributed by atoms with Gasteiger partial charge in [0.15, 0.2) is 0 Å². The van der Waals surface area contributed by atoms with Gasteiger partial charge in [-0.15, -0.1) is 0 Å². The summed E-state index contributed by atoms with van der Waals surface area (Å²) in [7, 11) is 0. The fourth-order valence-electron chi connectivity index (χ4n) is 2.51. The maximum Gasteiger partial charge on any atom is 0.0704 e. The predicted molar refractivity (Wildman–Crippen MR) is 60.0 cm³/mol. The number of hydrogen-bond donors (Lipinski definition) is 1. The molecule has 3 heteroatoms. The minimum absolute atomic E-state index is 0.431. The number of nitrogens with one attached hydrogen (secondary N) is 1. The van der Waals surface area contributed by atoms with Crippen LogP contribution in [0.4, 0.5) is 0 Å². The van der Waals surface area contributed by atoms with Crippen molar-refractivity contribution in [3.63, 3.8) is 0 Å². The van der Waals surface area contributed by atoms with E-state index in [4.69, 9.17) is 9.47 Å². The maximum atomic E-state index is 5.76. The second kappa shape index (κ2) is 5.28. The van der Waals surface area contributed by atoms with E-state index in [1.807, 2.05) is 0 Å². The van der Waals surface area contributed by atoms with Crippen molar-refractivity contribution in [2.75, 3.05) is 19.7 Å². The molecule has 0 aromatic carbocycles. The quantitative estimate of drug-likeness (QED) is 0.769. The molecular weight excluding hydrogens is 190 g/mol. The Balaban J connectivity index is 1.58. The van der Waals surface area contributed by atoms with Crippen LogP contribution < -0.4 is 5.32 Å². The minimum Gasteiger partial charge on any atom is -0.378 e. The Bertz CT molecular complexity index is 198. The Morgan fingerprint density at radius 2 is 2.00 bits per heavy atom. The SMILES string of the molecule is CC1CCC(CNCC2CCOC2C)O1. The van der Waals surface area contributed by atoms with Crippen molar-refractivity contribution in [1.82, 2.24) is 5.32 Å². The van der Waals surface area contributed by atoms with Gasteiger partial charge in [-0.1, -0.05) is 0 Å². The van der Waals surface area contributed by atoms with Crippen LogP contribution in [0.3, 0.4) is 0 Å². The third-order valence-electron chi connectivity index (χ3n) is 3.63. The molecule has 2 saturated heterocycles. The summed E-state index contributed by atoms with van der Waals surface area (Å²) in [5.74, 6) is 0.698. The molecule has 4 unspecified atom stereocenters. The van der Waals surface area contributed by atoms with Crippen molar-refractivity contribution in [3.05, 3.63) is 0 Å². The van der Waals surface area contributed by atoms with E-state index in [0.717, 1.165) is 19.7 Å². The number of ether oxygens (including phenoxy) is 2. The van der Waals surface area contributed by atoms with E-state index >= 15 is 0 Å². The molecule has 0 amide bonds. The summed E-state index contributed by atoms with van der Waals surface area (Å²) in [5, 5.41) is 3.52. The lowest BCUT2D eigenvalue weighted by atomic mass is 10.0. The predicted octanol–water partition coefficient (Wildman–Crippen LogP) is 1.57. The third kappa shape index (κ3) is 3.16. The van der Waals surface area contributed by atoms with E-state index in [2.05, 4.69) is 19.2 Å². The number of hydrogen-bond acceptors (Lipinski definition) is 3. The summed E-state index contributed by atoms with van der Waals surface area (Å²) in [6, 6.07) is 0. The Morgan fingerprint density at radius 3 is 2.60 bits per heavy atom. The third-order valence-corrected chi connectivity index (χ3v) is 3.63. The monoisotopic (exact) mass is 213 g/mol. The minimum atomic E-state index is 0.431. The zero-order chi connectivity index (χ0) is 10.7. The molecule has 2 heterocycles. The average molecular weight is 213 g/mol. The van der Waals surface area contributed by atoms with Gasteiger partial charge in [-0.2, -0.15) is 0 Å². The zero-order valence-electron chi connectivity index (χ0n) is 9.87. The van der Waals surface area contributed by atoms with Crippen LogP contribution >= 0.6 is 0 Å². The van der Waals surface area contributed by atoms with Crippen LogP contribution in [-0.2, 0) is 9.47 Å². The zero-order valence-corrected chi connectivity index (χ0v) is 9.87. The molecule has 1 N–H and O–H groups in total. The second-order valence-corrected chi connectivity index (χ2v) is 4.93. The summed E-state index contributed by atoms with van der Waals surface area (Å²) in [6.45, 7) is 7.35. The van der Waals surface area contributed by atoms with E-state index in [-0.39, 0.29) is 0 Å². The molecule has 4 atom stereocenters. The molecular formula is C12H23NO2. The largest absolute Gasteiger partial charge is 0.378 e. The first-order chi connectivity index (χ1) is 7.25. The Morgan fingerprint density at radius 1 is 1.13 bits per heavy atom. The van der Waals surface area contributed by atoms with Crippen LogP contribution in [0.25, 0.3) is 0 Å². The molecule has 0 radical (unpaired) electrons. The summed E-state index contributed by atoms with van der Waals surface area (Å²) in [4.78, 5) is 0. The highest BCUT2D eigenvalue weighted by atomic mass is 16.5. The van der Waals surface area contributed by atoms with Crippen molar-refractivity contribution in [2.24, 2.45) is 5.92 Å². The van der Waals surface area contributed by atoms with Crippen molar-refractivity contribution in [1.29, 1.82) is 0 Å². The van der Waals surface area contributed by atoms with Crippen LogP contribution in [0, 0.1) is 5.92 Å². The van der Waals surface area contributed by atoms with Gasteiger partial charge in [0.05, 0.1) is 18.3 Å². The smallest absolute Gasteiger partial charge is 0.0704 e. The average Bonchev–Trinajstić information content (AvgIpc) is 2.77. The van der Waals surface area contributed by atoms with Gasteiger partial charge in [0.1, 0.15) is 0 Å². The Hall–Kier alpha value is -0.120. The molecule has 0 spiro atoms. The van der Waals surface area contributed by atoms with Gasteiger partial charge in [-0.05, 0) is 39.0 Å². The normalized spacial score (nSPS) is 41.2. The van der Waals surface area contributed by atoms with E-state index in [9.17, 15) is 0 Å². The topological polar surface area (TPSA) is 30.5 Å². The van der Waals surface area contributed by atoms with Crippen LogP contribution in [0.1, 0.15) is 33.1 Å². The van der Waals surface area contributed by atoms with Gasteiger partial charge in [-0.3, -0.25) is 0 Å². The van der Waals surface area contributed by atoms with Gasteiger partial charge >= 0.3 is 0 Å². The molecule has 2 rings (SSSR count). The second-order valence-electron chi connectivity index (χ2n) is 4.93. The molecule has 2 aliphatic rings. The lowest BCUT2D eigenvalue weighted by Crippen LogP contribution is -2.33. The van der Waals surface area contributed by atoms with E-state index < -0.39 is 0 Å². The highest BCUT2D eigenvalue weighted by molar-refractivity contribution is 4.77. The van der Waals surface area contributed by atoms with Gasteiger partial charge in [0.25, 0.3) is 0 Å². The Kier molecular flexibility index (Phi) is 4.00. The van der Waals surface area contributed by atoms with Gasteiger partial charge in [0.2, 0.25) is 0 Å². The molecule has 0 aromatic heterocycles. The standard InChI is InChI=1S/C12H23NO2/c1-9-3-4-12(15-9)8-13-7-11-5-6-14-10(11)2/h9-13H,3-8H2,1-2H3. The molecule has 0 saturated carbocycles.